The SMILES string of the molecule is O=C(NC(Cc1ccccc1)C(=O)Nc1cc(C(F)(F)F)c[nH]c1=O)c1ccco1. The fourth-order valence-corrected chi connectivity index (χ4v) is 2.66. The van der Waals surface area contributed by atoms with E-state index in [4.69, 9.17) is 4.42 Å². The Balaban J connectivity index is 1.84. The summed E-state index contributed by atoms with van der Waals surface area (Å²) in [5.74, 6) is -1.59. The van der Waals surface area contributed by atoms with E-state index in [1.165, 1.54) is 18.4 Å². The van der Waals surface area contributed by atoms with E-state index in [-0.39, 0.29) is 12.2 Å². The topological polar surface area (TPSA) is 104 Å². The van der Waals surface area contributed by atoms with Crippen LogP contribution in [0.2, 0.25) is 0 Å². The van der Waals surface area contributed by atoms with Crippen LogP contribution in [0.4, 0.5) is 18.9 Å². The number of pyridine rings is 1. The van der Waals surface area contributed by atoms with Crippen LogP contribution in [0.3, 0.4) is 0 Å². The van der Waals surface area contributed by atoms with Gasteiger partial charge in [0, 0.05) is 12.6 Å². The summed E-state index contributed by atoms with van der Waals surface area (Å²) in [7, 11) is 0. The average Bonchev–Trinajstić information content (AvgIpc) is 3.24. The van der Waals surface area contributed by atoms with Crippen molar-refractivity contribution >= 4 is 17.5 Å². The maximum absolute atomic E-state index is 12.9. The average molecular weight is 419 g/mol. The lowest BCUT2D eigenvalue weighted by Gasteiger charge is -2.18. The highest BCUT2D eigenvalue weighted by Gasteiger charge is 2.32. The summed E-state index contributed by atoms with van der Waals surface area (Å²) in [6.07, 6.45) is -2.88. The minimum atomic E-state index is -4.71. The number of nitrogens with one attached hydrogen (secondary N) is 3. The minimum Gasteiger partial charge on any atom is -0.459 e. The summed E-state index contributed by atoms with van der Waals surface area (Å²) in [5.41, 5.74) is -1.93. The van der Waals surface area contributed by atoms with Gasteiger partial charge in [-0.25, -0.2) is 0 Å². The number of amides is 2. The molecule has 30 heavy (non-hydrogen) atoms. The molecule has 0 aliphatic heterocycles. The van der Waals surface area contributed by atoms with Gasteiger partial charge in [0.1, 0.15) is 11.7 Å². The molecule has 0 fully saturated rings. The molecular formula is C20H16F3N3O4. The van der Waals surface area contributed by atoms with E-state index in [0.29, 0.717) is 17.8 Å². The summed E-state index contributed by atoms with van der Waals surface area (Å²) < 4.78 is 43.7. The lowest BCUT2D eigenvalue weighted by atomic mass is 10.0. The third kappa shape index (κ3) is 5.16. The van der Waals surface area contributed by atoms with Crippen LogP contribution in [0.25, 0.3) is 0 Å². The molecule has 0 saturated carbocycles. The van der Waals surface area contributed by atoms with Crippen molar-refractivity contribution < 1.29 is 27.2 Å². The van der Waals surface area contributed by atoms with Crippen LogP contribution in [0.5, 0.6) is 0 Å². The Morgan fingerprint density at radius 3 is 2.47 bits per heavy atom. The van der Waals surface area contributed by atoms with Crippen molar-refractivity contribution in [1.82, 2.24) is 10.3 Å². The molecule has 1 aromatic carbocycles. The van der Waals surface area contributed by atoms with Crippen LogP contribution in [-0.4, -0.2) is 22.8 Å². The number of alkyl halides is 3. The predicted molar refractivity (Wildman–Crippen MR) is 101 cm³/mol. The second-order valence-electron chi connectivity index (χ2n) is 6.31. The van der Waals surface area contributed by atoms with Crippen LogP contribution in [0.15, 0.2) is 70.2 Å². The lowest BCUT2D eigenvalue weighted by molar-refractivity contribution is -0.137. The number of hydrogen-bond acceptors (Lipinski definition) is 4. The number of H-pyrrole nitrogens is 1. The fourth-order valence-electron chi connectivity index (χ4n) is 2.66. The number of benzene rings is 1. The van der Waals surface area contributed by atoms with E-state index in [1.54, 1.807) is 30.3 Å². The third-order valence-corrected chi connectivity index (χ3v) is 4.14. The molecule has 1 atom stereocenters. The van der Waals surface area contributed by atoms with E-state index in [1.807, 2.05) is 4.98 Å². The second kappa shape index (κ2) is 8.68. The monoisotopic (exact) mass is 419 g/mol. The number of carbonyl (C=O) groups excluding carboxylic acids is 2. The standard InChI is InChI=1S/C20H16F3N3O4/c21-20(22,23)13-10-15(17(27)24-11-13)25-18(28)14(9-12-5-2-1-3-6-12)26-19(29)16-7-4-8-30-16/h1-8,10-11,14H,9H2,(H,24,27)(H,25,28)(H,26,29). The zero-order chi connectivity index (χ0) is 21.7. The van der Waals surface area contributed by atoms with Crippen LogP contribution in [0.1, 0.15) is 21.7 Å². The largest absolute Gasteiger partial charge is 0.459 e. The van der Waals surface area contributed by atoms with Gasteiger partial charge in [-0.2, -0.15) is 13.2 Å². The summed E-state index contributed by atoms with van der Waals surface area (Å²) in [6, 6.07) is 10.9. The summed E-state index contributed by atoms with van der Waals surface area (Å²) in [5, 5.41) is 4.64. The Bertz CT molecular complexity index is 1080. The Morgan fingerprint density at radius 1 is 1.10 bits per heavy atom. The van der Waals surface area contributed by atoms with Gasteiger partial charge in [0.15, 0.2) is 5.76 Å². The zero-order valence-corrected chi connectivity index (χ0v) is 15.3. The number of aromatic amines is 1. The van der Waals surface area contributed by atoms with Gasteiger partial charge < -0.3 is 20.0 Å². The van der Waals surface area contributed by atoms with Gasteiger partial charge >= 0.3 is 6.18 Å². The van der Waals surface area contributed by atoms with Gasteiger partial charge in [0.25, 0.3) is 11.5 Å². The summed E-state index contributed by atoms with van der Waals surface area (Å²) in [6.45, 7) is 0. The smallest absolute Gasteiger partial charge is 0.417 e. The number of furan rings is 1. The number of aromatic nitrogens is 1. The maximum atomic E-state index is 12.9. The highest BCUT2D eigenvalue weighted by atomic mass is 19.4. The lowest BCUT2D eigenvalue weighted by Crippen LogP contribution is -2.45. The summed E-state index contributed by atoms with van der Waals surface area (Å²) in [4.78, 5) is 38.9. The molecule has 2 amide bonds. The van der Waals surface area contributed by atoms with Crippen molar-refractivity contribution in [3.63, 3.8) is 0 Å². The van der Waals surface area contributed by atoms with E-state index in [9.17, 15) is 27.6 Å². The van der Waals surface area contributed by atoms with Crippen LogP contribution < -0.4 is 16.2 Å². The van der Waals surface area contributed by atoms with E-state index < -0.39 is 40.8 Å². The van der Waals surface area contributed by atoms with Crippen molar-refractivity contribution in [3.8, 4) is 0 Å². The number of carbonyl (C=O) groups is 2. The maximum Gasteiger partial charge on any atom is 0.417 e. The molecule has 7 nitrogen and oxygen atoms in total. The van der Waals surface area contributed by atoms with Crippen molar-refractivity contribution in [2.75, 3.05) is 5.32 Å². The van der Waals surface area contributed by atoms with Gasteiger partial charge in [-0.15, -0.1) is 0 Å². The third-order valence-electron chi connectivity index (χ3n) is 4.14. The highest BCUT2D eigenvalue weighted by molar-refractivity contribution is 6.00. The van der Waals surface area contributed by atoms with Gasteiger partial charge in [-0.05, 0) is 23.8 Å². The Morgan fingerprint density at radius 2 is 1.83 bits per heavy atom. The summed E-state index contributed by atoms with van der Waals surface area (Å²) >= 11 is 0. The Hall–Kier alpha value is -3.82. The minimum absolute atomic E-state index is 0.0377. The molecule has 3 aromatic rings. The number of hydrogen-bond donors (Lipinski definition) is 3. The molecule has 10 heteroatoms. The predicted octanol–water partition coefficient (Wildman–Crippen LogP) is 2.97. The van der Waals surface area contributed by atoms with Crippen molar-refractivity contribution in [3.05, 3.63) is 88.2 Å². The normalized spacial score (nSPS) is 12.2. The number of rotatable bonds is 6. The first kappa shape index (κ1) is 20.9. The van der Waals surface area contributed by atoms with Gasteiger partial charge in [-0.3, -0.25) is 14.4 Å². The van der Waals surface area contributed by atoms with E-state index >= 15 is 0 Å². The van der Waals surface area contributed by atoms with Gasteiger partial charge in [-0.1, -0.05) is 30.3 Å². The molecule has 3 N–H and O–H groups in total. The molecule has 0 radical (unpaired) electrons. The molecule has 1 unspecified atom stereocenters. The van der Waals surface area contributed by atoms with E-state index in [0.717, 1.165) is 0 Å². The molecule has 0 aliphatic carbocycles. The number of halogens is 3. The molecule has 156 valence electrons. The van der Waals surface area contributed by atoms with Crippen molar-refractivity contribution in [2.45, 2.75) is 18.6 Å². The van der Waals surface area contributed by atoms with Gasteiger partial charge in [0.2, 0.25) is 5.91 Å². The first-order valence-electron chi connectivity index (χ1n) is 8.73. The molecular weight excluding hydrogens is 403 g/mol. The molecule has 2 aromatic heterocycles. The highest BCUT2D eigenvalue weighted by Crippen LogP contribution is 2.29. The van der Waals surface area contributed by atoms with Crippen molar-refractivity contribution in [1.29, 1.82) is 0 Å². The van der Waals surface area contributed by atoms with Crippen LogP contribution in [0, 0.1) is 0 Å². The fraction of sp³-hybridized carbons (Fsp3) is 0.150. The molecule has 2 heterocycles. The Kier molecular flexibility index (Phi) is 6.05. The second-order valence-corrected chi connectivity index (χ2v) is 6.31. The first-order chi connectivity index (χ1) is 14.2. The van der Waals surface area contributed by atoms with Crippen LogP contribution in [-0.2, 0) is 17.4 Å². The number of anilines is 1. The molecule has 0 bridgehead atoms. The van der Waals surface area contributed by atoms with E-state index in [2.05, 4.69) is 10.6 Å². The Labute approximate surface area is 167 Å². The zero-order valence-electron chi connectivity index (χ0n) is 15.3. The molecule has 0 saturated heterocycles. The van der Waals surface area contributed by atoms with Gasteiger partial charge in [0.05, 0.1) is 11.8 Å². The van der Waals surface area contributed by atoms with Crippen LogP contribution >= 0.6 is 0 Å². The first-order valence-corrected chi connectivity index (χ1v) is 8.73. The molecule has 3 rings (SSSR count). The van der Waals surface area contributed by atoms with Crippen molar-refractivity contribution in [2.24, 2.45) is 0 Å². The quantitative estimate of drug-likeness (QED) is 0.571. The molecule has 0 spiro atoms. The molecule has 0 aliphatic rings.